The van der Waals surface area contributed by atoms with Crippen LogP contribution in [0.1, 0.15) is 55.4 Å². The van der Waals surface area contributed by atoms with Crippen molar-refractivity contribution in [1.29, 1.82) is 0 Å². The van der Waals surface area contributed by atoms with Crippen LogP contribution in [0.2, 0.25) is 0 Å². The minimum absolute atomic E-state index is 0.0477. The highest BCUT2D eigenvalue weighted by Gasteiger charge is 2.27. The van der Waals surface area contributed by atoms with Crippen molar-refractivity contribution in [3.05, 3.63) is 24.3 Å². The zero-order valence-electron chi connectivity index (χ0n) is 18.8. The predicted octanol–water partition coefficient (Wildman–Crippen LogP) is 2.05. The molecular weight excluding hydrogens is 384 g/mol. The van der Waals surface area contributed by atoms with Gasteiger partial charge in [-0.3, -0.25) is 9.59 Å². The van der Waals surface area contributed by atoms with Crippen LogP contribution in [-0.2, 0) is 18.4 Å². The van der Waals surface area contributed by atoms with Crippen LogP contribution in [0.5, 0.6) is 0 Å². The first-order chi connectivity index (χ1) is 13.0. The molecule has 158 valence electrons. The molecule has 0 saturated carbocycles. The molecule has 4 nitrogen and oxygen atoms in total. The van der Waals surface area contributed by atoms with Crippen molar-refractivity contribution in [2.45, 2.75) is 55.4 Å². The van der Waals surface area contributed by atoms with Crippen LogP contribution in [-0.4, -0.2) is 31.5 Å². The summed E-state index contributed by atoms with van der Waals surface area (Å²) in [5, 5.41) is 2.18. The first kappa shape index (κ1) is 24.6. The highest BCUT2D eigenvalue weighted by molar-refractivity contribution is 6.51. The van der Waals surface area contributed by atoms with Gasteiger partial charge in [0.15, 0.2) is 0 Å². The quantitative estimate of drug-likeness (QED) is 0.542. The van der Waals surface area contributed by atoms with Gasteiger partial charge in [0.25, 0.3) is 31.5 Å². The van der Waals surface area contributed by atoms with Crippen molar-refractivity contribution < 1.29 is 18.4 Å². The lowest BCUT2D eigenvalue weighted by Gasteiger charge is -2.23. The van der Waals surface area contributed by atoms with E-state index in [1.54, 1.807) is 0 Å². The minimum Gasteiger partial charge on any atom is -0.520 e. The maximum Gasteiger partial charge on any atom is 0.296 e. The van der Waals surface area contributed by atoms with Gasteiger partial charge >= 0.3 is 0 Å². The summed E-state index contributed by atoms with van der Waals surface area (Å²) >= 11 is 0. The number of hydrogen-bond donors (Lipinski definition) is 0. The number of rotatable bonds is 10. The summed E-state index contributed by atoms with van der Waals surface area (Å²) in [5.41, 5.74) is 0. The molecule has 0 fully saturated rings. The second-order valence-electron chi connectivity index (χ2n) is 9.06. The minimum atomic E-state index is -1.09. The van der Waals surface area contributed by atoms with E-state index in [-0.39, 0.29) is 47.4 Å². The van der Waals surface area contributed by atoms with Crippen LogP contribution in [0.3, 0.4) is 0 Å². The summed E-state index contributed by atoms with van der Waals surface area (Å²) in [6.07, 6.45) is 0. The van der Waals surface area contributed by atoms with Gasteiger partial charge in [-0.05, 0) is 34.0 Å². The van der Waals surface area contributed by atoms with Gasteiger partial charge in [-0.15, -0.1) is 0 Å². The molecule has 0 aliphatic rings. The highest BCUT2D eigenvalue weighted by Crippen LogP contribution is 2.22. The molecule has 0 aliphatic carbocycles. The van der Waals surface area contributed by atoms with Gasteiger partial charge < -0.3 is 8.85 Å². The molecule has 0 aromatic heterocycles. The lowest BCUT2D eigenvalue weighted by Crippen LogP contribution is -2.33. The average Bonchev–Trinajstić information content (AvgIpc) is 2.57. The van der Waals surface area contributed by atoms with E-state index in [9.17, 15) is 9.59 Å². The fourth-order valence-electron chi connectivity index (χ4n) is 3.86. The molecule has 0 unspecified atom stereocenters. The zero-order chi connectivity index (χ0) is 21.4. The summed E-state index contributed by atoms with van der Waals surface area (Å²) in [4.78, 5) is 24.8. The Balaban J connectivity index is 2.58. The second kappa shape index (κ2) is 11.6. The van der Waals surface area contributed by atoms with Crippen molar-refractivity contribution >= 4 is 41.8 Å². The Kier molecular flexibility index (Phi) is 10.2. The lowest BCUT2D eigenvalue weighted by atomic mass is 9.86. The molecule has 0 aliphatic heterocycles. The first-order valence-corrected chi connectivity index (χ1v) is 13.0. The molecular formula is C22H38O4Si2. The fourth-order valence-corrected chi connectivity index (χ4v) is 5.72. The second-order valence-corrected chi connectivity index (χ2v) is 11.8. The van der Waals surface area contributed by atoms with Gasteiger partial charge in [0, 0.05) is 0 Å². The average molecular weight is 423 g/mol. The number of hydrogen-bond acceptors (Lipinski definition) is 4. The van der Waals surface area contributed by atoms with Crippen LogP contribution >= 0.6 is 0 Å². The fraction of sp³-hybridized carbons (Fsp3) is 0.636. The molecule has 1 rings (SSSR count). The SMILES string of the molecule is CC(C)C(C(=O)O[SiH2]c1ccc([SiH2]OC(=O)C(C(C)C)C(C)C)cc1)C(C)C. The normalized spacial score (nSPS) is 12.8. The molecule has 0 saturated heterocycles. The molecule has 0 radical (unpaired) electrons. The van der Waals surface area contributed by atoms with E-state index in [0.717, 1.165) is 10.4 Å². The van der Waals surface area contributed by atoms with Crippen molar-refractivity contribution in [3.63, 3.8) is 0 Å². The summed E-state index contributed by atoms with van der Waals surface area (Å²) in [6, 6.07) is 8.05. The maximum atomic E-state index is 12.4. The Bertz CT molecular complexity index is 553. The summed E-state index contributed by atoms with van der Waals surface area (Å²) in [5.74, 6) is 0.891. The van der Waals surface area contributed by atoms with Gasteiger partial charge in [-0.1, -0.05) is 79.7 Å². The lowest BCUT2D eigenvalue weighted by molar-refractivity contribution is -0.143. The van der Waals surface area contributed by atoms with Gasteiger partial charge in [0.1, 0.15) is 0 Å². The largest absolute Gasteiger partial charge is 0.520 e. The molecule has 28 heavy (non-hydrogen) atoms. The predicted molar refractivity (Wildman–Crippen MR) is 121 cm³/mol. The van der Waals surface area contributed by atoms with Crippen molar-refractivity contribution in [2.24, 2.45) is 35.5 Å². The molecule has 1 aromatic carbocycles. The molecule has 1 aromatic rings. The summed E-state index contributed by atoms with van der Waals surface area (Å²) < 4.78 is 11.3. The summed E-state index contributed by atoms with van der Waals surface area (Å²) in [6.45, 7) is 16.5. The third-order valence-corrected chi connectivity index (χ3v) is 7.67. The van der Waals surface area contributed by atoms with Gasteiger partial charge in [-0.25, -0.2) is 0 Å². The standard InChI is InChI=1S/C22H38O4Si2/c1-13(2)19(14(3)4)21(23)25-27-17-9-11-18(12-10-17)28-26-22(24)20(15(5)6)16(7)8/h9-16,19-20H,27-28H2,1-8H3. The third-order valence-electron chi connectivity index (χ3n) is 5.20. The monoisotopic (exact) mass is 422 g/mol. The molecule has 6 heteroatoms. The Morgan fingerprint density at radius 2 is 0.857 bits per heavy atom. The molecule has 0 amide bonds. The zero-order valence-corrected chi connectivity index (χ0v) is 21.6. The highest BCUT2D eigenvalue weighted by atomic mass is 28.2. The van der Waals surface area contributed by atoms with Crippen LogP contribution in [0.15, 0.2) is 24.3 Å². The van der Waals surface area contributed by atoms with Crippen LogP contribution < -0.4 is 10.4 Å². The van der Waals surface area contributed by atoms with E-state index in [2.05, 4.69) is 55.4 Å². The van der Waals surface area contributed by atoms with E-state index in [1.165, 1.54) is 0 Å². The van der Waals surface area contributed by atoms with Crippen molar-refractivity contribution in [3.8, 4) is 0 Å². The van der Waals surface area contributed by atoms with Crippen molar-refractivity contribution in [2.75, 3.05) is 0 Å². The molecule has 0 heterocycles. The van der Waals surface area contributed by atoms with Gasteiger partial charge in [0.05, 0.1) is 11.8 Å². The Morgan fingerprint density at radius 3 is 1.07 bits per heavy atom. The van der Waals surface area contributed by atoms with E-state index >= 15 is 0 Å². The van der Waals surface area contributed by atoms with Crippen LogP contribution in [0, 0.1) is 35.5 Å². The smallest absolute Gasteiger partial charge is 0.296 e. The van der Waals surface area contributed by atoms with Crippen molar-refractivity contribution in [1.82, 2.24) is 0 Å². The molecule has 0 N–H and O–H groups in total. The number of carbonyl (C=O) groups is 2. The number of benzene rings is 1. The molecule has 0 spiro atoms. The van der Waals surface area contributed by atoms with Crippen LogP contribution in [0.25, 0.3) is 0 Å². The molecule has 0 atom stereocenters. The van der Waals surface area contributed by atoms with Gasteiger partial charge in [-0.2, -0.15) is 0 Å². The van der Waals surface area contributed by atoms with E-state index in [1.807, 2.05) is 24.3 Å². The topological polar surface area (TPSA) is 52.6 Å². The van der Waals surface area contributed by atoms with Crippen LogP contribution in [0.4, 0.5) is 0 Å². The molecule has 0 bridgehead atoms. The van der Waals surface area contributed by atoms with E-state index in [4.69, 9.17) is 8.85 Å². The Morgan fingerprint density at radius 1 is 0.607 bits per heavy atom. The Hall–Kier alpha value is -1.41. The third kappa shape index (κ3) is 7.55. The van der Waals surface area contributed by atoms with E-state index < -0.39 is 19.5 Å². The summed E-state index contributed by atoms with van der Waals surface area (Å²) in [7, 11) is -2.17. The van der Waals surface area contributed by atoms with Gasteiger partial charge in [0.2, 0.25) is 0 Å². The Labute approximate surface area is 175 Å². The number of carbonyl (C=O) groups excluding carboxylic acids is 2. The van der Waals surface area contributed by atoms with E-state index in [0.29, 0.717) is 0 Å². The first-order valence-electron chi connectivity index (χ1n) is 10.5. The maximum absolute atomic E-state index is 12.4.